The van der Waals surface area contributed by atoms with E-state index in [2.05, 4.69) is 20.3 Å². The number of guanidine groups is 1. The van der Waals surface area contributed by atoms with E-state index in [0.29, 0.717) is 11.4 Å². The fourth-order valence-electron chi connectivity index (χ4n) is 2.71. The first-order valence-electron chi connectivity index (χ1n) is 7.90. The van der Waals surface area contributed by atoms with Crippen LogP contribution in [0.5, 0.6) is 0 Å². The summed E-state index contributed by atoms with van der Waals surface area (Å²) in [4.78, 5) is 37.3. The van der Waals surface area contributed by atoms with E-state index >= 15 is 0 Å². The van der Waals surface area contributed by atoms with Gasteiger partial charge in [0.15, 0.2) is 0 Å². The van der Waals surface area contributed by atoms with Gasteiger partial charge in [0.05, 0.1) is 23.5 Å². The van der Waals surface area contributed by atoms with Crippen molar-refractivity contribution in [1.82, 2.24) is 15.3 Å². The third-order valence-electron chi connectivity index (χ3n) is 3.80. The van der Waals surface area contributed by atoms with Gasteiger partial charge in [-0.05, 0) is 38.1 Å². The standard InChI is InChI=1S/C17H15ClFN5O3/c1-8-5-9(2)21-16(20-8)23-17-22-14(25)7-13(15(26)27)24(17)10-3-4-12(19)11(18)6-10/h3-6,13H,7H2,1-2H3,(H,26,27)(H,20,21,22,23,25)/p-1/t13-/m0/s1. The zero-order valence-corrected chi connectivity index (χ0v) is 15.1. The first kappa shape index (κ1) is 18.7. The van der Waals surface area contributed by atoms with Crippen LogP contribution in [0, 0.1) is 19.7 Å². The number of anilines is 1. The lowest BCUT2D eigenvalue weighted by atomic mass is 10.1. The third kappa shape index (κ3) is 4.03. The number of nitrogens with one attached hydrogen (secondary N) is 1. The number of nitrogens with zero attached hydrogens (tertiary/aromatic N) is 4. The molecule has 140 valence electrons. The Kier molecular flexibility index (Phi) is 5.04. The van der Waals surface area contributed by atoms with Crippen molar-refractivity contribution in [2.45, 2.75) is 26.3 Å². The number of aromatic nitrogens is 2. The second-order valence-corrected chi connectivity index (χ2v) is 6.35. The van der Waals surface area contributed by atoms with Gasteiger partial charge in [-0.2, -0.15) is 4.99 Å². The van der Waals surface area contributed by atoms with Crippen molar-refractivity contribution in [3.63, 3.8) is 0 Å². The molecule has 1 aromatic carbocycles. The lowest BCUT2D eigenvalue weighted by Crippen LogP contribution is -2.61. The molecule has 0 unspecified atom stereocenters. The SMILES string of the molecule is Cc1cc(C)nc(/N=C2\NC(=O)C[C@@H](C(=O)[O-])N2c2ccc(F)c(Cl)c2)n1. The number of carboxylic acid groups (broad SMARTS) is 1. The summed E-state index contributed by atoms with van der Waals surface area (Å²) in [5.41, 5.74) is 1.52. The second kappa shape index (κ2) is 7.28. The molecular formula is C17H14ClFN5O3-. The number of aliphatic imine (C=N–C) groups is 1. The third-order valence-corrected chi connectivity index (χ3v) is 4.09. The summed E-state index contributed by atoms with van der Waals surface area (Å²) in [6.45, 7) is 3.50. The topological polar surface area (TPSA) is 111 Å². The maximum Gasteiger partial charge on any atom is 0.253 e. The Morgan fingerprint density at radius 3 is 2.59 bits per heavy atom. The van der Waals surface area contributed by atoms with Gasteiger partial charge < -0.3 is 14.8 Å². The van der Waals surface area contributed by atoms with Crippen LogP contribution in [0.3, 0.4) is 0 Å². The first-order chi connectivity index (χ1) is 12.7. The van der Waals surface area contributed by atoms with Gasteiger partial charge in [0.1, 0.15) is 5.82 Å². The van der Waals surface area contributed by atoms with Crippen LogP contribution in [-0.2, 0) is 9.59 Å². The van der Waals surface area contributed by atoms with Gasteiger partial charge in [-0.15, -0.1) is 0 Å². The molecule has 27 heavy (non-hydrogen) atoms. The maximum absolute atomic E-state index is 13.5. The summed E-state index contributed by atoms with van der Waals surface area (Å²) < 4.78 is 13.5. The number of aryl methyl sites for hydroxylation is 2. The molecule has 0 radical (unpaired) electrons. The highest BCUT2D eigenvalue weighted by Crippen LogP contribution is 2.27. The minimum atomic E-state index is -1.49. The number of carbonyl (C=O) groups excluding carboxylic acids is 2. The number of benzene rings is 1. The summed E-state index contributed by atoms with van der Waals surface area (Å²) in [6, 6.07) is 4.04. The Hall–Kier alpha value is -3.07. The molecule has 3 rings (SSSR count). The minimum Gasteiger partial charge on any atom is -0.548 e. The molecule has 1 amide bonds. The van der Waals surface area contributed by atoms with Crippen LogP contribution in [-0.4, -0.2) is 33.8 Å². The summed E-state index contributed by atoms with van der Waals surface area (Å²) in [5.74, 6) is -2.79. The molecule has 1 N–H and O–H groups in total. The van der Waals surface area contributed by atoms with E-state index in [0.717, 1.165) is 6.07 Å². The van der Waals surface area contributed by atoms with Crippen molar-refractivity contribution in [3.05, 3.63) is 46.5 Å². The summed E-state index contributed by atoms with van der Waals surface area (Å²) in [6.07, 6.45) is -0.371. The van der Waals surface area contributed by atoms with Crippen molar-refractivity contribution in [2.75, 3.05) is 4.90 Å². The van der Waals surface area contributed by atoms with Crippen molar-refractivity contribution >= 4 is 41.1 Å². The number of amides is 1. The summed E-state index contributed by atoms with van der Waals surface area (Å²) in [5, 5.41) is 13.9. The van der Waals surface area contributed by atoms with E-state index < -0.39 is 23.7 Å². The van der Waals surface area contributed by atoms with Crippen LogP contribution in [0.4, 0.5) is 16.0 Å². The van der Waals surface area contributed by atoms with Gasteiger partial charge in [0.2, 0.25) is 11.9 Å². The highest BCUT2D eigenvalue weighted by atomic mass is 35.5. The first-order valence-corrected chi connectivity index (χ1v) is 8.28. The van der Waals surface area contributed by atoms with Crippen molar-refractivity contribution in [2.24, 2.45) is 4.99 Å². The van der Waals surface area contributed by atoms with Crippen LogP contribution >= 0.6 is 11.6 Å². The fourth-order valence-corrected chi connectivity index (χ4v) is 2.88. The minimum absolute atomic E-state index is 0.0417. The fraction of sp³-hybridized carbons (Fsp3) is 0.235. The van der Waals surface area contributed by atoms with E-state index in [1.807, 2.05) is 0 Å². The monoisotopic (exact) mass is 390 g/mol. The molecule has 1 aliphatic heterocycles. The largest absolute Gasteiger partial charge is 0.548 e. The molecule has 8 nitrogen and oxygen atoms in total. The van der Waals surface area contributed by atoms with Gasteiger partial charge in [-0.25, -0.2) is 14.4 Å². The molecule has 1 aromatic heterocycles. The van der Waals surface area contributed by atoms with Gasteiger partial charge >= 0.3 is 0 Å². The highest BCUT2D eigenvalue weighted by molar-refractivity contribution is 6.31. The van der Waals surface area contributed by atoms with E-state index in [4.69, 9.17) is 11.6 Å². The predicted molar refractivity (Wildman–Crippen MR) is 94.0 cm³/mol. The molecule has 10 heteroatoms. The highest BCUT2D eigenvalue weighted by Gasteiger charge is 2.33. The van der Waals surface area contributed by atoms with Crippen LogP contribution < -0.4 is 15.3 Å². The zero-order chi connectivity index (χ0) is 19.7. The van der Waals surface area contributed by atoms with E-state index in [1.165, 1.54) is 17.0 Å². The molecule has 0 saturated carbocycles. The lowest BCUT2D eigenvalue weighted by Gasteiger charge is -2.38. The normalized spacial score (nSPS) is 18.5. The lowest BCUT2D eigenvalue weighted by molar-refractivity contribution is -0.307. The molecule has 0 bridgehead atoms. The number of rotatable bonds is 3. The van der Waals surface area contributed by atoms with Gasteiger partial charge in [-0.1, -0.05) is 11.6 Å². The Labute approximate surface area is 158 Å². The summed E-state index contributed by atoms with van der Waals surface area (Å²) >= 11 is 5.82. The summed E-state index contributed by atoms with van der Waals surface area (Å²) in [7, 11) is 0. The van der Waals surface area contributed by atoms with Crippen LogP contribution in [0.1, 0.15) is 17.8 Å². The second-order valence-electron chi connectivity index (χ2n) is 5.94. The van der Waals surface area contributed by atoms with Crippen LogP contribution in [0.25, 0.3) is 0 Å². The van der Waals surface area contributed by atoms with Gasteiger partial charge in [0.25, 0.3) is 5.95 Å². The van der Waals surface area contributed by atoms with E-state index in [9.17, 15) is 19.1 Å². The predicted octanol–water partition coefficient (Wildman–Crippen LogP) is 1.02. The molecule has 1 fully saturated rings. The molecule has 2 aromatic rings. The van der Waals surface area contributed by atoms with Crippen molar-refractivity contribution in [1.29, 1.82) is 0 Å². The van der Waals surface area contributed by atoms with Crippen molar-refractivity contribution in [3.8, 4) is 0 Å². The number of carboxylic acids is 1. The quantitative estimate of drug-likeness (QED) is 0.837. The van der Waals surface area contributed by atoms with Crippen molar-refractivity contribution < 1.29 is 19.1 Å². The molecule has 1 aliphatic rings. The number of aliphatic carboxylic acids is 1. The molecule has 2 heterocycles. The number of hydrogen-bond acceptors (Lipinski definition) is 6. The van der Waals surface area contributed by atoms with Crippen LogP contribution in [0.15, 0.2) is 29.3 Å². The average molecular weight is 391 g/mol. The Balaban J connectivity index is 2.14. The van der Waals surface area contributed by atoms with E-state index in [-0.39, 0.29) is 29.0 Å². The molecule has 1 atom stereocenters. The Morgan fingerprint density at radius 2 is 2.00 bits per heavy atom. The maximum atomic E-state index is 13.5. The number of halogens is 2. The van der Waals surface area contributed by atoms with Gasteiger partial charge in [0, 0.05) is 17.1 Å². The van der Waals surface area contributed by atoms with E-state index in [1.54, 1.807) is 19.9 Å². The number of carbonyl (C=O) groups is 2. The molecule has 0 aliphatic carbocycles. The zero-order valence-electron chi connectivity index (χ0n) is 14.4. The molecule has 0 spiro atoms. The molecular weight excluding hydrogens is 377 g/mol. The smallest absolute Gasteiger partial charge is 0.253 e. The average Bonchev–Trinajstić information content (AvgIpc) is 2.56. The number of hydrogen-bond donors (Lipinski definition) is 1. The Morgan fingerprint density at radius 1 is 1.33 bits per heavy atom. The van der Waals surface area contributed by atoms with Gasteiger partial charge in [-0.3, -0.25) is 10.1 Å². The molecule has 1 saturated heterocycles. The Bertz CT molecular complexity index is 945. The van der Waals surface area contributed by atoms with Crippen LogP contribution in [0.2, 0.25) is 5.02 Å².